The van der Waals surface area contributed by atoms with Crippen LogP contribution in [0, 0.1) is 0 Å². The number of aliphatic hydroxyl groups is 1. The number of nitrogens with zero attached hydrogens (tertiary/aromatic N) is 3. The first-order chi connectivity index (χ1) is 15.4. The van der Waals surface area contributed by atoms with Gasteiger partial charge < -0.3 is 19.3 Å². The van der Waals surface area contributed by atoms with Gasteiger partial charge in [0.05, 0.1) is 7.11 Å². The highest BCUT2D eigenvalue weighted by Crippen LogP contribution is 2.33. The van der Waals surface area contributed by atoms with Gasteiger partial charge >= 0.3 is 5.97 Å². The normalized spacial score (nSPS) is 21.9. The molecule has 0 spiro atoms. The van der Waals surface area contributed by atoms with Gasteiger partial charge in [-0.1, -0.05) is 88.4 Å². The zero-order valence-corrected chi connectivity index (χ0v) is 20.4. The molecule has 1 heterocycles. The van der Waals surface area contributed by atoms with E-state index in [1.807, 2.05) is 6.08 Å². The molecule has 0 aromatic carbocycles. The molecule has 1 fully saturated rings. The zero-order chi connectivity index (χ0) is 23.8. The second-order valence-electron chi connectivity index (χ2n) is 8.98. The summed E-state index contributed by atoms with van der Waals surface area (Å²) in [5.74, 6) is -1.74. The Kier molecular flexibility index (Phi) is 14.3. The van der Waals surface area contributed by atoms with Crippen LogP contribution in [0.2, 0.25) is 0 Å². The Morgan fingerprint density at radius 1 is 1.06 bits per heavy atom. The second-order valence-corrected chi connectivity index (χ2v) is 8.98. The standard InChI is InChI=1S/C24H43N3O5/c1-5-6-7-8-9-10-11-12-13-14-15-16-17-18-19(28)21-22(32-24(2,3)31-21)20(26-27-25)23(29)30-4/h17-22,28H,5-16H2,1-4H3/b18-17+/t19-,20-,21+,22+/m0/s1. The van der Waals surface area contributed by atoms with Crippen LogP contribution >= 0.6 is 0 Å². The quantitative estimate of drug-likeness (QED) is 0.0727. The van der Waals surface area contributed by atoms with Crippen LogP contribution in [0.5, 0.6) is 0 Å². The molecule has 0 aromatic heterocycles. The summed E-state index contributed by atoms with van der Waals surface area (Å²) in [6.07, 6.45) is 15.9. The van der Waals surface area contributed by atoms with Crippen molar-refractivity contribution in [2.75, 3.05) is 7.11 Å². The van der Waals surface area contributed by atoms with Crippen molar-refractivity contribution in [1.29, 1.82) is 0 Å². The summed E-state index contributed by atoms with van der Waals surface area (Å²) in [6, 6.07) is -1.23. The van der Waals surface area contributed by atoms with Crippen molar-refractivity contribution in [2.45, 2.75) is 128 Å². The number of carbonyl (C=O) groups is 1. The molecule has 8 nitrogen and oxygen atoms in total. The molecule has 0 bridgehead atoms. The number of azide groups is 1. The Morgan fingerprint density at radius 2 is 1.59 bits per heavy atom. The molecule has 0 saturated carbocycles. The number of methoxy groups -OCH3 is 1. The monoisotopic (exact) mass is 453 g/mol. The number of esters is 1. The number of allylic oxidation sites excluding steroid dienone is 1. The molecule has 0 unspecified atom stereocenters. The summed E-state index contributed by atoms with van der Waals surface area (Å²) in [5.41, 5.74) is 8.81. The van der Waals surface area contributed by atoms with Gasteiger partial charge in [0.15, 0.2) is 11.8 Å². The smallest absolute Gasteiger partial charge is 0.317 e. The van der Waals surface area contributed by atoms with Crippen molar-refractivity contribution in [3.63, 3.8) is 0 Å². The maximum Gasteiger partial charge on any atom is 0.317 e. The predicted octanol–water partition coefficient (Wildman–Crippen LogP) is 5.98. The highest BCUT2D eigenvalue weighted by Gasteiger charge is 2.49. The Hall–Kier alpha value is -1.60. The van der Waals surface area contributed by atoms with E-state index in [9.17, 15) is 9.90 Å². The van der Waals surface area contributed by atoms with Crippen molar-refractivity contribution < 1.29 is 24.1 Å². The van der Waals surface area contributed by atoms with Crippen molar-refractivity contribution in [3.8, 4) is 0 Å². The third kappa shape index (κ3) is 10.8. The fourth-order valence-electron chi connectivity index (χ4n) is 4.02. The van der Waals surface area contributed by atoms with Gasteiger partial charge in [-0.15, -0.1) is 0 Å². The Bertz CT molecular complexity index is 604. The van der Waals surface area contributed by atoms with Gasteiger partial charge in [0.2, 0.25) is 0 Å². The molecule has 0 amide bonds. The van der Waals surface area contributed by atoms with Gasteiger partial charge in [0, 0.05) is 4.91 Å². The second kappa shape index (κ2) is 16.1. The zero-order valence-electron chi connectivity index (χ0n) is 20.4. The fourth-order valence-corrected chi connectivity index (χ4v) is 4.02. The average Bonchev–Trinajstić information content (AvgIpc) is 3.09. The summed E-state index contributed by atoms with van der Waals surface area (Å²) in [7, 11) is 1.21. The number of carbonyl (C=O) groups excluding carboxylic acids is 1. The molecule has 0 aliphatic carbocycles. The minimum Gasteiger partial charge on any atom is -0.469 e. The first-order valence-electron chi connectivity index (χ1n) is 12.2. The lowest BCUT2D eigenvalue weighted by atomic mass is 10.0. The number of aliphatic hydroxyl groups excluding tert-OH is 1. The van der Waals surface area contributed by atoms with Crippen LogP contribution in [0.3, 0.4) is 0 Å². The SMILES string of the molecule is CCCCCCCCCCCCC/C=C/[C@H](O)[C@H]1OC(C)(C)O[C@@H]1[C@H](N=[N+]=[N-])C(=O)OC. The van der Waals surface area contributed by atoms with Crippen LogP contribution in [-0.4, -0.2) is 48.3 Å². The van der Waals surface area contributed by atoms with Gasteiger partial charge in [0.25, 0.3) is 0 Å². The maximum atomic E-state index is 12.0. The molecule has 1 aliphatic rings. The first kappa shape index (κ1) is 28.4. The highest BCUT2D eigenvalue weighted by molar-refractivity contribution is 5.76. The van der Waals surface area contributed by atoms with Gasteiger partial charge in [-0.2, -0.15) is 0 Å². The van der Waals surface area contributed by atoms with Crippen molar-refractivity contribution >= 4 is 5.97 Å². The van der Waals surface area contributed by atoms with Crippen LogP contribution in [0.4, 0.5) is 0 Å². The highest BCUT2D eigenvalue weighted by atomic mass is 16.8. The minimum absolute atomic E-state index is 0.726. The van der Waals surface area contributed by atoms with Gasteiger partial charge in [0.1, 0.15) is 18.3 Å². The third-order valence-electron chi connectivity index (χ3n) is 5.74. The molecule has 0 radical (unpaired) electrons. The number of hydrogen-bond donors (Lipinski definition) is 1. The van der Waals surface area contributed by atoms with Crippen molar-refractivity contribution in [2.24, 2.45) is 5.11 Å². The van der Waals surface area contributed by atoms with E-state index in [1.165, 1.54) is 71.3 Å². The van der Waals surface area contributed by atoms with Crippen LogP contribution in [-0.2, 0) is 19.0 Å². The van der Waals surface area contributed by atoms with E-state index in [0.29, 0.717) is 0 Å². The number of ether oxygens (including phenoxy) is 3. The lowest BCUT2D eigenvalue weighted by Gasteiger charge is -2.23. The Balaban J connectivity index is 2.35. The average molecular weight is 454 g/mol. The van der Waals surface area contributed by atoms with E-state index in [1.54, 1.807) is 19.9 Å². The Morgan fingerprint density at radius 3 is 2.12 bits per heavy atom. The van der Waals surface area contributed by atoms with Gasteiger partial charge in [-0.25, -0.2) is 0 Å². The summed E-state index contributed by atoms with van der Waals surface area (Å²) < 4.78 is 16.3. The molecule has 184 valence electrons. The van der Waals surface area contributed by atoms with E-state index in [0.717, 1.165) is 12.8 Å². The molecule has 8 heteroatoms. The van der Waals surface area contributed by atoms with E-state index in [2.05, 4.69) is 16.9 Å². The van der Waals surface area contributed by atoms with E-state index < -0.39 is 36.1 Å². The summed E-state index contributed by atoms with van der Waals surface area (Å²) in [5, 5.41) is 14.1. The lowest BCUT2D eigenvalue weighted by molar-refractivity contribution is -0.159. The molecule has 32 heavy (non-hydrogen) atoms. The molecular weight excluding hydrogens is 410 g/mol. The molecule has 1 aliphatic heterocycles. The van der Waals surface area contributed by atoms with Crippen molar-refractivity contribution in [3.05, 3.63) is 22.6 Å². The predicted molar refractivity (Wildman–Crippen MR) is 125 cm³/mol. The summed E-state index contributed by atoms with van der Waals surface area (Å²) >= 11 is 0. The summed E-state index contributed by atoms with van der Waals surface area (Å²) in [6.45, 7) is 5.62. The van der Waals surface area contributed by atoms with E-state index >= 15 is 0 Å². The number of unbranched alkanes of at least 4 members (excludes halogenated alkanes) is 11. The van der Waals surface area contributed by atoms with Crippen molar-refractivity contribution in [1.82, 2.24) is 0 Å². The fraction of sp³-hybridized carbons (Fsp3) is 0.875. The molecular formula is C24H43N3O5. The van der Waals surface area contributed by atoms with E-state index in [-0.39, 0.29) is 0 Å². The summed E-state index contributed by atoms with van der Waals surface area (Å²) in [4.78, 5) is 14.8. The van der Waals surface area contributed by atoms with Crippen LogP contribution in [0.25, 0.3) is 10.4 Å². The van der Waals surface area contributed by atoms with Gasteiger partial charge in [-0.3, -0.25) is 4.79 Å². The Labute approximate surface area is 193 Å². The first-order valence-corrected chi connectivity index (χ1v) is 12.2. The molecule has 1 N–H and O–H groups in total. The maximum absolute atomic E-state index is 12.0. The number of hydrogen-bond acceptors (Lipinski definition) is 6. The third-order valence-corrected chi connectivity index (χ3v) is 5.74. The lowest BCUT2D eigenvalue weighted by Crippen LogP contribution is -2.44. The van der Waals surface area contributed by atoms with E-state index in [4.69, 9.17) is 19.7 Å². The van der Waals surface area contributed by atoms with Crippen LogP contribution in [0.15, 0.2) is 17.3 Å². The number of rotatable bonds is 17. The minimum atomic E-state index is -1.23. The molecule has 4 atom stereocenters. The van der Waals surface area contributed by atoms with Crippen LogP contribution < -0.4 is 0 Å². The topological polar surface area (TPSA) is 114 Å². The molecule has 1 saturated heterocycles. The van der Waals surface area contributed by atoms with Crippen LogP contribution in [0.1, 0.15) is 97.8 Å². The largest absolute Gasteiger partial charge is 0.469 e. The molecule has 0 aromatic rings. The van der Waals surface area contributed by atoms with Gasteiger partial charge in [-0.05, 0) is 32.2 Å². The molecule has 1 rings (SSSR count).